The summed E-state index contributed by atoms with van der Waals surface area (Å²) in [5.41, 5.74) is 15.0. The van der Waals surface area contributed by atoms with Crippen LogP contribution in [0.4, 0.5) is 0 Å². The second kappa shape index (κ2) is 17.5. The second-order valence-electron chi connectivity index (χ2n) is 11.3. The van der Waals surface area contributed by atoms with Gasteiger partial charge in [-0.1, -0.05) is 64.5 Å². The van der Waals surface area contributed by atoms with Crippen LogP contribution in [0.5, 0.6) is 0 Å². The van der Waals surface area contributed by atoms with E-state index in [2.05, 4.69) is 87.6 Å². The minimum Gasteiger partial charge on any atom is -0.342 e. The number of nitrogens with two attached hydrogens (primary N) is 1. The predicted octanol–water partition coefficient (Wildman–Crippen LogP) is 7.84. The number of nitrogens with zero attached hydrogens (tertiary/aromatic N) is 3. The number of carbonyl (C=O) groups is 1. The fourth-order valence-corrected chi connectivity index (χ4v) is 5.78. The van der Waals surface area contributed by atoms with E-state index in [9.17, 15) is 4.79 Å². The van der Waals surface area contributed by atoms with Gasteiger partial charge < -0.3 is 16.0 Å². The molecule has 6 nitrogen and oxygen atoms in total. The molecule has 0 unspecified atom stereocenters. The monoisotopic (exact) mass is 571 g/mol. The number of hydrogen-bond donors (Lipinski definition) is 2. The number of nitrogens with one attached hydrogen (secondary N) is 1. The molecule has 42 heavy (non-hydrogen) atoms. The van der Waals surface area contributed by atoms with Crippen LogP contribution in [0.15, 0.2) is 65.7 Å². The van der Waals surface area contributed by atoms with Crippen molar-refractivity contribution in [2.45, 2.75) is 92.9 Å². The van der Waals surface area contributed by atoms with Gasteiger partial charge in [0.1, 0.15) is 0 Å². The van der Waals surface area contributed by atoms with Crippen molar-refractivity contribution in [1.82, 2.24) is 14.9 Å². The highest BCUT2D eigenvalue weighted by Gasteiger charge is 2.25. The SMILES string of the molecule is C/C=C(\C=C(\C)C(=N)CC)C(/CCC)=C(/c1cc(C2CCN(C(=O)Cc3cnccn3)CC2)ccc1C)C(C)C.CN. The third-order valence-corrected chi connectivity index (χ3v) is 8.08. The van der Waals surface area contributed by atoms with E-state index in [4.69, 9.17) is 5.41 Å². The van der Waals surface area contributed by atoms with Crippen molar-refractivity contribution in [2.24, 2.45) is 11.7 Å². The van der Waals surface area contributed by atoms with Crippen LogP contribution in [0.25, 0.3) is 5.57 Å². The van der Waals surface area contributed by atoms with Gasteiger partial charge in [0.25, 0.3) is 0 Å². The molecule has 1 aliphatic rings. The summed E-state index contributed by atoms with van der Waals surface area (Å²) < 4.78 is 0. The van der Waals surface area contributed by atoms with E-state index in [0.717, 1.165) is 56.5 Å². The summed E-state index contributed by atoms with van der Waals surface area (Å²) in [6.45, 7) is 16.8. The zero-order chi connectivity index (χ0) is 31.2. The van der Waals surface area contributed by atoms with Crippen molar-refractivity contribution in [2.75, 3.05) is 20.1 Å². The molecule has 2 heterocycles. The Bertz CT molecular complexity index is 1260. The van der Waals surface area contributed by atoms with Crippen molar-refractivity contribution in [3.05, 3.63) is 88.0 Å². The standard InChI is InChI=1S/C35H48N4O.CH5N/c1-8-11-31(27(9-2)20-26(7)33(36)10-3)35(24(4)5)32-21-29(13-12-25(32)6)28-14-18-39(19-15-28)34(40)22-30-23-37-16-17-38-30;1-2/h9,12-13,16-17,20-21,23-24,28,36H,8,10-11,14-15,18-19,22H2,1-7H3;2H2,1H3/b26-20-,27-9+,35-31+,36-33?;. The summed E-state index contributed by atoms with van der Waals surface area (Å²) in [6.07, 6.45) is 14.5. The molecule has 0 radical (unpaired) electrons. The van der Waals surface area contributed by atoms with Crippen LogP contribution in [-0.2, 0) is 11.2 Å². The van der Waals surface area contributed by atoms with Crippen LogP contribution in [0.2, 0.25) is 0 Å². The van der Waals surface area contributed by atoms with Gasteiger partial charge >= 0.3 is 0 Å². The maximum Gasteiger partial charge on any atom is 0.228 e. The molecule has 1 fully saturated rings. The smallest absolute Gasteiger partial charge is 0.228 e. The first-order valence-corrected chi connectivity index (χ1v) is 15.6. The first-order valence-electron chi connectivity index (χ1n) is 15.6. The normalized spacial score (nSPS) is 15.2. The minimum absolute atomic E-state index is 0.135. The Balaban J connectivity index is 0.00000301. The van der Waals surface area contributed by atoms with Crippen molar-refractivity contribution in [3.63, 3.8) is 0 Å². The molecular formula is C36H53N5O. The van der Waals surface area contributed by atoms with Crippen molar-refractivity contribution >= 4 is 17.2 Å². The molecule has 0 atom stereocenters. The molecular weight excluding hydrogens is 518 g/mol. The van der Waals surface area contributed by atoms with Gasteiger partial charge in [0.05, 0.1) is 12.1 Å². The third kappa shape index (κ3) is 9.32. The van der Waals surface area contributed by atoms with Gasteiger partial charge in [0, 0.05) is 37.4 Å². The van der Waals surface area contributed by atoms with Gasteiger partial charge in [0.2, 0.25) is 5.91 Å². The molecule has 228 valence electrons. The number of benzene rings is 1. The molecule has 6 heteroatoms. The number of carbonyl (C=O) groups excluding carboxylic acids is 1. The lowest BCUT2D eigenvalue weighted by atomic mass is 9.80. The largest absolute Gasteiger partial charge is 0.342 e. The first-order chi connectivity index (χ1) is 20.2. The number of rotatable bonds is 11. The average molecular weight is 572 g/mol. The van der Waals surface area contributed by atoms with E-state index < -0.39 is 0 Å². The molecule has 1 aromatic carbocycles. The van der Waals surface area contributed by atoms with Crippen molar-refractivity contribution in [3.8, 4) is 0 Å². The molecule has 1 saturated heterocycles. The lowest BCUT2D eigenvalue weighted by Gasteiger charge is -2.33. The van der Waals surface area contributed by atoms with Gasteiger partial charge in [-0.25, -0.2) is 0 Å². The van der Waals surface area contributed by atoms with Crippen LogP contribution in [0, 0.1) is 18.3 Å². The zero-order valence-corrected chi connectivity index (χ0v) is 27.3. The highest BCUT2D eigenvalue weighted by atomic mass is 16.2. The molecule has 0 saturated carbocycles. The number of amides is 1. The topological polar surface area (TPSA) is 96.0 Å². The van der Waals surface area contributed by atoms with Gasteiger partial charge in [-0.3, -0.25) is 14.8 Å². The molecule has 0 bridgehead atoms. The van der Waals surface area contributed by atoms with E-state index in [0.29, 0.717) is 24.0 Å². The van der Waals surface area contributed by atoms with E-state index >= 15 is 0 Å². The molecule has 2 aromatic rings. The molecule has 1 amide bonds. The Hall–Kier alpha value is -3.38. The summed E-state index contributed by atoms with van der Waals surface area (Å²) in [5.74, 6) is 0.942. The van der Waals surface area contributed by atoms with E-state index in [-0.39, 0.29) is 5.91 Å². The van der Waals surface area contributed by atoms with Crippen LogP contribution in [0.3, 0.4) is 0 Å². The molecule has 1 aromatic heterocycles. The third-order valence-electron chi connectivity index (χ3n) is 8.08. The Labute approximate surface area is 254 Å². The Morgan fingerprint density at radius 2 is 1.86 bits per heavy atom. The highest BCUT2D eigenvalue weighted by Crippen LogP contribution is 2.38. The van der Waals surface area contributed by atoms with Crippen LogP contribution in [-0.4, -0.2) is 46.6 Å². The van der Waals surface area contributed by atoms with Gasteiger partial charge in [-0.05, 0) is 104 Å². The highest BCUT2D eigenvalue weighted by molar-refractivity contribution is 5.97. The van der Waals surface area contributed by atoms with Crippen molar-refractivity contribution < 1.29 is 4.79 Å². The summed E-state index contributed by atoms with van der Waals surface area (Å²) in [6, 6.07) is 7.01. The average Bonchev–Trinajstić information content (AvgIpc) is 3.01. The number of aromatic nitrogens is 2. The fraction of sp³-hybridized carbons (Fsp3) is 0.500. The predicted molar refractivity (Wildman–Crippen MR) is 178 cm³/mol. The number of aryl methyl sites for hydroxylation is 1. The maximum absolute atomic E-state index is 12.9. The number of piperidine rings is 1. The van der Waals surface area contributed by atoms with Crippen molar-refractivity contribution in [1.29, 1.82) is 5.41 Å². The molecule has 0 spiro atoms. The number of allylic oxidation sites excluding steroid dienone is 6. The molecule has 0 aliphatic carbocycles. The Morgan fingerprint density at radius 3 is 2.40 bits per heavy atom. The second-order valence-corrected chi connectivity index (χ2v) is 11.3. The molecule has 3 N–H and O–H groups in total. The van der Waals surface area contributed by atoms with Gasteiger partial charge in [0.15, 0.2) is 0 Å². The van der Waals surface area contributed by atoms with E-state index in [1.165, 1.54) is 40.5 Å². The summed E-state index contributed by atoms with van der Waals surface area (Å²) >= 11 is 0. The van der Waals surface area contributed by atoms with Crippen LogP contribution >= 0.6 is 0 Å². The minimum atomic E-state index is 0.135. The molecule has 3 rings (SSSR count). The lowest BCUT2D eigenvalue weighted by Crippen LogP contribution is -2.38. The maximum atomic E-state index is 12.9. The summed E-state index contributed by atoms with van der Waals surface area (Å²) in [4.78, 5) is 23.2. The summed E-state index contributed by atoms with van der Waals surface area (Å²) in [5, 5.41) is 8.34. The Morgan fingerprint density at radius 1 is 1.17 bits per heavy atom. The first kappa shape index (κ1) is 34.8. The van der Waals surface area contributed by atoms with E-state index in [1.807, 2.05) is 11.8 Å². The lowest BCUT2D eigenvalue weighted by molar-refractivity contribution is -0.131. The molecule has 1 aliphatic heterocycles. The van der Waals surface area contributed by atoms with E-state index in [1.54, 1.807) is 18.6 Å². The van der Waals surface area contributed by atoms with Gasteiger partial charge in [-0.15, -0.1) is 0 Å². The van der Waals surface area contributed by atoms with Crippen LogP contribution in [0.1, 0.15) is 102 Å². The summed E-state index contributed by atoms with van der Waals surface area (Å²) in [7, 11) is 1.50. The Kier molecular flexibility index (Phi) is 14.5. The van der Waals surface area contributed by atoms with Crippen LogP contribution < -0.4 is 5.73 Å². The quantitative estimate of drug-likeness (QED) is 0.212. The zero-order valence-electron chi connectivity index (χ0n) is 27.3. The van der Waals surface area contributed by atoms with Gasteiger partial charge in [-0.2, -0.15) is 0 Å². The number of hydrogen-bond acceptors (Lipinski definition) is 5. The fourth-order valence-electron chi connectivity index (χ4n) is 5.78. The number of likely N-dealkylation sites (tertiary alicyclic amines) is 1.